The van der Waals surface area contributed by atoms with Crippen LogP contribution in [0.1, 0.15) is 13.3 Å². The van der Waals surface area contributed by atoms with Gasteiger partial charge in [-0.2, -0.15) is 15.0 Å². The lowest BCUT2D eigenvalue weighted by Crippen LogP contribution is -2.38. The molecule has 0 radical (unpaired) electrons. The number of amides is 1. The molecule has 7 nitrogen and oxygen atoms in total. The van der Waals surface area contributed by atoms with E-state index in [1.165, 1.54) is 4.90 Å². The first-order valence-electron chi connectivity index (χ1n) is 6.39. The molecule has 20 heavy (non-hydrogen) atoms. The van der Waals surface area contributed by atoms with Crippen LogP contribution in [0.15, 0.2) is 0 Å². The van der Waals surface area contributed by atoms with Crippen LogP contribution in [-0.2, 0) is 4.79 Å². The lowest BCUT2D eigenvalue weighted by Gasteiger charge is -2.24. The van der Waals surface area contributed by atoms with Crippen molar-refractivity contribution in [2.24, 2.45) is 0 Å². The lowest BCUT2D eigenvalue weighted by molar-refractivity contribution is -0.127. The number of hydrogen-bond acceptors (Lipinski definition) is 6. The summed E-state index contributed by atoms with van der Waals surface area (Å²) in [5.41, 5.74) is 0. The third kappa shape index (κ3) is 4.48. The second kappa shape index (κ2) is 7.23. The number of nitrogens with zero attached hydrogens (tertiary/aromatic N) is 6. The third-order valence-electron chi connectivity index (χ3n) is 2.59. The molecule has 0 bridgehead atoms. The molecule has 0 N–H and O–H groups in total. The van der Waals surface area contributed by atoms with E-state index in [1.807, 2.05) is 25.9 Å². The van der Waals surface area contributed by atoms with Crippen LogP contribution in [0.4, 0.5) is 11.9 Å². The Labute approximate surface area is 124 Å². The zero-order valence-corrected chi connectivity index (χ0v) is 13.3. The fraction of sp³-hybridized carbons (Fsp3) is 0.667. The number of hydrogen-bond donors (Lipinski definition) is 0. The highest BCUT2D eigenvalue weighted by molar-refractivity contribution is 6.28. The van der Waals surface area contributed by atoms with Gasteiger partial charge in [0.15, 0.2) is 0 Å². The molecule has 0 fully saturated rings. The van der Waals surface area contributed by atoms with Gasteiger partial charge in [0.1, 0.15) is 0 Å². The van der Waals surface area contributed by atoms with Crippen LogP contribution in [0.25, 0.3) is 0 Å². The lowest BCUT2D eigenvalue weighted by atomic mass is 10.4. The minimum Gasteiger partial charge on any atom is -0.347 e. The summed E-state index contributed by atoms with van der Waals surface area (Å²) in [5, 5.41) is 0.122. The van der Waals surface area contributed by atoms with Crippen LogP contribution in [0.2, 0.25) is 5.28 Å². The summed E-state index contributed by atoms with van der Waals surface area (Å²) in [6, 6.07) is 0. The standard InChI is InChI=1S/C12H21ClN6O/c1-6-7-19(8-9(20)17(2)3)12-15-10(13)14-11(16-12)18(4)5/h6-8H2,1-5H3. The van der Waals surface area contributed by atoms with Crippen molar-refractivity contribution in [2.75, 3.05) is 51.1 Å². The van der Waals surface area contributed by atoms with Crippen molar-refractivity contribution in [1.82, 2.24) is 19.9 Å². The Bertz CT molecular complexity index is 465. The Morgan fingerprint density at radius 3 is 2.20 bits per heavy atom. The van der Waals surface area contributed by atoms with E-state index in [2.05, 4.69) is 15.0 Å². The molecule has 0 saturated heterocycles. The number of carbonyl (C=O) groups excluding carboxylic acids is 1. The third-order valence-corrected chi connectivity index (χ3v) is 2.75. The van der Waals surface area contributed by atoms with Gasteiger partial charge < -0.3 is 14.7 Å². The maximum Gasteiger partial charge on any atom is 0.241 e. The second-order valence-electron chi connectivity index (χ2n) is 4.81. The first-order chi connectivity index (χ1) is 9.35. The molecule has 1 rings (SSSR count). The molecule has 1 heterocycles. The predicted molar refractivity (Wildman–Crippen MR) is 80.4 cm³/mol. The van der Waals surface area contributed by atoms with Crippen LogP contribution in [-0.4, -0.2) is 67.0 Å². The average Bonchev–Trinajstić information content (AvgIpc) is 2.37. The van der Waals surface area contributed by atoms with E-state index in [4.69, 9.17) is 11.6 Å². The van der Waals surface area contributed by atoms with Gasteiger partial charge in [-0.05, 0) is 18.0 Å². The Balaban J connectivity index is 3.04. The topological polar surface area (TPSA) is 65.5 Å². The Morgan fingerprint density at radius 2 is 1.70 bits per heavy atom. The summed E-state index contributed by atoms with van der Waals surface area (Å²) in [5.74, 6) is 0.880. The van der Waals surface area contributed by atoms with Crippen LogP contribution in [0.5, 0.6) is 0 Å². The Hall–Kier alpha value is -1.63. The van der Waals surface area contributed by atoms with Crippen molar-refractivity contribution in [3.63, 3.8) is 0 Å². The van der Waals surface area contributed by atoms with Crippen molar-refractivity contribution >= 4 is 29.4 Å². The molecule has 1 aromatic rings. The number of carbonyl (C=O) groups is 1. The van der Waals surface area contributed by atoms with Gasteiger partial charge in [0.25, 0.3) is 0 Å². The Morgan fingerprint density at radius 1 is 1.10 bits per heavy atom. The van der Waals surface area contributed by atoms with E-state index in [0.717, 1.165) is 6.42 Å². The summed E-state index contributed by atoms with van der Waals surface area (Å²) >= 11 is 5.93. The zero-order chi connectivity index (χ0) is 15.3. The SMILES string of the molecule is CCCN(CC(=O)N(C)C)c1nc(Cl)nc(N(C)C)n1. The Kier molecular flexibility index (Phi) is 5.94. The smallest absolute Gasteiger partial charge is 0.241 e. The molecule has 0 aliphatic rings. The first-order valence-corrected chi connectivity index (χ1v) is 6.77. The van der Waals surface area contributed by atoms with Gasteiger partial charge in [-0.1, -0.05) is 6.92 Å². The number of rotatable bonds is 6. The van der Waals surface area contributed by atoms with Crippen molar-refractivity contribution in [3.05, 3.63) is 5.28 Å². The minimum absolute atomic E-state index is 0.0126. The summed E-state index contributed by atoms with van der Waals surface area (Å²) in [4.78, 5) is 29.5. The van der Waals surface area contributed by atoms with Crippen molar-refractivity contribution in [2.45, 2.75) is 13.3 Å². The quantitative estimate of drug-likeness (QED) is 0.777. The van der Waals surface area contributed by atoms with E-state index in [-0.39, 0.29) is 17.7 Å². The second-order valence-corrected chi connectivity index (χ2v) is 5.15. The maximum atomic E-state index is 11.9. The van der Waals surface area contributed by atoms with Gasteiger partial charge in [0.05, 0.1) is 6.54 Å². The molecule has 1 amide bonds. The van der Waals surface area contributed by atoms with Gasteiger partial charge in [-0.25, -0.2) is 0 Å². The molecule has 0 aromatic carbocycles. The van der Waals surface area contributed by atoms with E-state index in [1.54, 1.807) is 19.0 Å². The average molecular weight is 301 g/mol. The number of anilines is 2. The number of aromatic nitrogens is 3. The highest BCUT2D eigenvalue weighted by Crippen LogP contribution is 2.15. The predicted octanol–water partition coefficient (Wildman–Crippen LogP) is 0.896. The first kappa shape index (κ1) is 16.4. The fourth-order valence-corrected chi connectivity index (χ4v) is 1.65. The molecule has 0 aliphatic carbocycles. The summed E-state index contributed by atoms with van der Waals surface area (Å²) in [6.45, 7) is 2.92. The molecule has 0 spiro atoms. The van der Waals surface area contributed by atoms with E-state index in [9.17, 15) is 4.79 Å². The molecule has 8 heteroatoms. The zero-order valence-electron chi connectivity index (χ0n) is 12.6. The fourth-order valence-electron chi connectivity index (χ4n) is 1.50. The molecule has 1 aromatic heterocycles. The molecular weight excluding hydrogens is 280 g/mol. The van der Waals surface area contributed by atoms with Gasteiger partial charge in [-0.3, -0.25) is 4.79 Å². The van der Waals surface area contributed by atoms with Crippen molar-refractivity contribution in [3.8, 4) is 0 Å². The van der Waals surface area contributed by atoms with E-state index in [0.29, 0.717) is 18.4 Å². The van der Waals surface area contributed by atoms with Crippen LogP contribution < -0.4 is 9.80 Å². The molecule has 0 aliphatic heterocycles. The molecule has 112 valence electrons. The van der Waals surface area contributed by atoms with E-state index < -0.39 is 0 Å². The molecule has 0 unspecified atom stereocenters. The largest absolute Gasteiger partial charge is 0.347 e. The van der Waals surface area contributed by atoms with Crippen molar-refractivity contribution < 1.29 is 4.79 Å². The van der Waals surface area contributed by atoms with Crippen LogP contribution in [0, 0.1) is 0 Å². The maximum absolute atomic E-state index is 11.9. The monoisotopic (exact) mass is 300 g/mol. The number of likely N-dealkylation sites (N-methyl/N-ethyl adjacent to an activating group) is 1. The van der Waals surface area contributed by atoms with Crippen LogP contribution >= 0.6 is 11.6 Å². The van der Waals surface area contributed by atoms with Gasteiger partial charge in [0, 0.05) is 34.7 Å². The van der Waals surface area contributed by atoms with Gasteiger partial charge in [0.2, 0.25) is 23.1 Å². The minimum atomic E-state index is -0.0126. The summed E-state index contributed by atoms with van der Waals surface area (Å²) in [7, 11) is 7.09. The summed E-state index contributed by atoms with van der Waals surface area (Å²) in [6.07, 6.45) is 0.876. The van der Waals surface area contributed by atoms with Gasteiger partial charge >= 0.3 is 0 Å². The molecule has 0 saturated carbocycles. The van der Waals surface area contributed by atoms with Gasteiger partial charge in [-0.15, -0.1) is 0 Å². The van der Waals surface area contributed by atoms with Crippen molar-refractivity contribution in [1.29, 1.82) is 0 Å². The normalized spacial score (nSPS) is 10.3. The summed E-state index contributed by atoms with van der Waals surface area (Å²) < 4.78 is 0. The highest BCUT2D eigenvalue weighted by Gasteiger charge is 2.17. The van der Waals surface area contributed by atoms with E-state index >= 15 is 0 Å². The highest BCUT2D eigenvalue weighted by atomic mass is 35.5. The van der Waals surface area contributed by atoms with Crippen LogP contribution in [0.3, 0.4) is 0 Å². The molecular formula is C12H21ClN6O. The molecule has 0 atom stereocenters. The number of halogens is 1.